The number of hydrogen-bond acceptors (Lipinski definition) is 6. The van der Waals surface area contributed by atoms with E-state index in [4.69, 9.17) is 9.26 Å². The van der Waals surface area contributed by atoms with Crippen molar-refractivity contribution in [3.63, 3.8) is 0 Å². The molecule has 1 aliphatic heterocycles. The van der Waals surface area contributed by atoms with Crippen LogP contribution in [0, 0.1) is 6.92 Å². The third-order valence-electron chi connectivity index (χ3n) is 2.72. The Hall–Kier alpha value is -1.47. The number of aromatic nitrogens is 2. The Bertz CT molecular complexity index is 387. The Morgan fingerprint density at radius 3 is 2.89 bits per heavy atom. The van der Waals surface area contributed by atoms with E-state index >= 15 is 0 Å². The highest BCUT2D eigenvalue weighted by Gasteiger charge is 2.15. The van der Waals surface area contributed by atoms with Gasteiger partial charge in [0, 0.05) is 19.3 Å². The fourth-order valence-corrected chi connectivity index (χ4v) is 1.82. The summed E-state index contributed by atoms with van der Waals surface area (Å²) in [4.78, 5) is 15.7. The van der Waals surface area contributed by atoms with E-state index in [0.717, 1.165) is 26.1 Å². The van der Waals surface area contributed by atoms with Crippen molar-refractivity contribution in [3.8, 4) is 0 Å². The van der Waals surface area contributed by atoms with Crippen molar-refractivity contribution in [1.29, 1.82) is 0 Å². The van der Waals surface area contributed by atoms with Gasteiger partial charge in [-0.1, -0.05) is 5.16 Å². The van der Waals surface area contributed by atoms with Crippen molar-refractivity contribution in [2.45, 2.75) is 32.4 Å². The summed E-state index contributed by atoms with van der Waals surface area (Å²) in [5.41, 5.74) is 0. The van der Waals surface area contributed by atoms with Crippen LogP contribution in [0.2, 0.25) is 0 Å². The second-order valence-electron chi connectivity index (χ2n) is 4.29. The molecule has 0 bridgehead atoms. The summed E-state index contributed by atoms with van der Waals surface area (Å²) in [5.74, 6) is 1.07. The number of amides is 1. The molecule has 1 saturated heterocycles. The van der Waals surface area contributed by atoms with Crippen LogP contribution in [0.15, 0.2) is 4.52 Å². The summed E-state index contributed by atoms with van der Waals surface area (Å²) in [7, 11) is 0. The minimum atomic E-state index is -0.0156. The quantitative estimate of drug-likeness (QED) is 0.754. The molecule has 1 fully saturated rings. The lowest BCUT2D eigenvalue weighted by Gasteiger charge is -2.23. The number of hydrogen-bond donors (Lipinski definition) is 2. The standard InChI is InChI=1S/C11H18N4O3/c1-8-13-11(18-15-8)7-12-6-10(16)14-9-2-4-17-5-3-9/h9,12H,2-7H2,1H3,(H,14,16). The molecular weight excluding hydrogens is 236 g/mol. The van der Waals surface area contributed by atoms with Gasteiger partial charge in [-0.3, -0.25) is 10.1 Å². The maximum Gasteiger partial charge on any atom is 0.240 e. The van der Waals surface area contributed by atoms with Crippen LogP contribution >= 0.6 is 0 Å². The first kappa shape index (κ1) is 13.0. The predicted molar refractivity (Wildman–Crippen MR) is 62.7 cm³/mol. The summed E-state index contributed by atoms with van der Waals surface area (Å²) in [6.07, 6.45) is 1.77. The molecule has 0 atom stereocenters. The zero-order chi connectivity index (χ0) is 12.8. The molecule has 0 spiro atoms. The summed E-state index contributed by atoms with van der Waals surface area (Å²) >= 11 is 0. The molecule has 0 aromatic carbocycles. The molecule has 2 rings (SSSR count). The van der Waals surface area contributed by atoms with Gasteiger partial charge >= 0.3 is 0 Å². The van der Waals surface area contributed by atoms with Gasteiger partial charge in [0.05, 0.1) is 13.1 Å². The average molecular weight is 254 g/mol. The van der Waals surface area contributed by atoms with Crippen LogP contribution in [0.25, 0.3) is 0 Å². The lowest BCUT2D eigenvalue weighted by Crippen LogP contribution is -2.42. The normalized spacial score (nSPS) is 16.7. The number of rotatable bonds is 5. The highest BCUT2D eigenvalue weighted by atomic mass is 16.5. The van der Waals surface area contributed by atoms with E-state index in [1.165, 1.54) is 0 Å². The van der Waals surface area contributed by atoms with Gasteiger partial charge in [-0.25, -0.2) is 0 Å². The third kappa shape index (κ3) is 4.08. The fourth-order valence-electron chi connectivity index (χ4n) is 1.82. The van der Waals surface area contributed by atoms with Gasteiger partial charge in [-0.05, 0) is 19.8 Å². The molecule has 0 aliphatic carbocycles. The Balaban J connectivity index is 1.62. The number of carbonyl (C=O) groups is 1. The Kier molecular flexibility index (Phi) is 4.66. The number of carbonyl (C=O) groups excluding carboxylic acids is 1. The van der Waals surface area contributed by atoms with Gasteiger partial charge in [-0.15, -0.1) is 0 Å². The molecule has 0 radical (unpaired) electrons. The first-order valence-corrected chi connectivity index (χ1v) is 6.11. The van der Waals surface area contributed by atoms with Crippen LogP contribution in [0.4, 0.5) is 0 Å². The van der Waals surface area contributed by atoms with Crippen molar-refractivity contribution in [1.82, 2.24) is 20.8 Å². The van der Waals surface area contributed by atoms with Gasteiger partial charge in [0.25, 0.3) is 0 Å². The topological polar surface area (TPSA) is 89.3 Å². The summed E-state index contributed by atoms with van der Waals surface area (Å²) < 4.78 is 10.2. The monoisotopic (exact) mass is 254 g/mol. The Morgan fingerprint density at radius 2 is 2.22 bits per heavy atom. The first-order valence-electron chi connectivity index (χ1n) is 6.11. The van der Waals surface area contributed by atoms with Gasteiger partial charge < -0.3 is 14.6 Å². The highest BCUT2D eigenvalue weighted by Crippen LogP contribution is 2.05. The second-order valence-corrected chi connectivity index (χ2v) is 4.29. The van der Waals surface area contributed by atoms with Gasteiger partial charge in [0.15, 0.2) is 5.82 Å². The number of aryl methyl sites for hydroxylation is 1. The van der Waals surface area contributed by atoms with Gasteiger partial charge in [0.1, 0.15) is 0 Å². The van der Waals surface area contributed by atoms with Crippen LogP contribution in [-0.2, 0) is 16.1 Å². The van der Waals surface area contributed by atoms with Crippen molar-refractivity contribution < 1.29 is 14.1 Å². The Morgan fingerprint density at radius 1 is 1.44 bits per heavy atom. The molecular formula is C11H18N4O3. The van der Waals surface area contributed by atoms with E-state index in [1.54, 1.807) is 6.92 Å². The maximum absolute atomic E-state index is 11.6. The zero-order valence-electron chi connectivity index (χ0n) is 10.4. The number of nitrogens with zero attached hydrogens (tertiary/aromatic N) is 2. The van der Waals surface area contributed by atoms with E-state index in [0.29, 0.717) is 18.3 Å². The molecule has 0 saturated carbocycles. The number of ether oxygens (including phenoxy) is 1. The van der Waals surface area contributed by atoms with Gasteiger partial charge in [0.2, 0.25) is 11.8 Å². The largest absolute Gasteiger partial charge is 0.381 e. The zero-order valence-corrected chi connectivity index (χ0v) is 10.4. The minimum Gasteiger partial charge on any atom is -0.381 e. The van der Waals surface area contributed by atoms with Crippen LogP contribution in [0.5, 0.6) is 0 Å². The highest BCUT2D eigenvalue weighted by molar-refractivity contribution is 5.78. The third-order valence-corrected chi connectivity index (χ3v) is 2.72. The van der Waals surface area contributed by atoms with Crippen molar-refractivity contribution in [2.24, 2.45) is 0 Å². The molecule has 18 heavy (non-hydrogen) atoms. The molecule has 2 heterocycles. The molecule has 7 heteroatoms. The average Bonchev–Trinajstić information content (AvgIpc) is 2.76. The molecule has 100 valence electrons. The summed E-state index contributed by atoms with van der Waals surface area (Å²) in [6, 6.07) is 0.235. The van der Waals surface area contributed by atoms with Crippen LogP contribution in [-0.4, -0.2) is 41.8 Å². The van der Waals surface area contributed by atoms with Crippen molar-refractivity contribution >= 4 is 5.91 Å². The number of nitrogens with one attached hydrogen (secondary N) is 2. The maximum atomic E-state index is 11.6. The molecule has 1 aromatic rings. The van der Waals surface area contributed by atoms with Crippen LogP contribution in [0.3, 0.4) is 0 Å². The van der Waals surface area contributed by atoms with E-state index in [1.807, 2.05) is 0 Å². The summed E-state index contributed by atoms with van der Waals surface area (Å²) in [6.45, 7) is 3.85. The van der Waals surface area contributed by atoms with Crippen LogP contribution < -0.4 is 10.6 Å². The van der Waals surface area contributed by atoms with E-state index in [9.17, 15) is 4.79 Å². The minimum absolute atomic E-state index is 0.0156. The second kappa shape index (κ2) is 6.46. The van der Waals surface area contributed by atoms with Crippen molar-refractivity contribution in [3.05, 3.63) is 11.7 Å². The van der Waals surface area contributed by atoms with E-state index in [-0.39, 0.29) is 18.5 Å². The molecule has 1 aromatic heterocycles. The molecule has 1 amide bonds. The lowest BCUT2D eigenvalue weighted by atomic mass is 10.1. The lowest BCUT2D eigenvalue weighted by molar-refractivity contribution is -0.121. The van der Waals surface area contributed by atoms with E-state index in [2.05, 4.69) is 20.8 Å². The Labute approximate surface area is 105 Å². The first-order chi connectivity index (χ1) is 8.74. The fraction of sp³-hybridized carbons (Fsp3) is 0.727. The predicted octanol–water partition coefficient (Wildman–Crippen LogP) is -0.237. The van der Waals surface area contributed by atoms with E-state index < -0.39 is 0 Å². The SMILES string of the molecule is Cc1noc(CNCC(=O)NC2CCOCC2)n1. The summed E-state index contributed by atoms with van der Waals surface area (Å²) in [5, 5.41) is 9.59. The smallest absolute Gasteiger partial charge is 0.240 e. The molecule has 1 aliphatic rings. The molecule has 7 nitrogen and oxygen atoms in total. The van der Waals surface area contributed by atoms with Gasteiger partial charge in [-0.2, -0.15) is 4.98 Å². The van der Waals surface area contributed by atoms with Crippen molar-refractivity contribution in [2.75, 3.05) is 19.8 Å². The molecule has 0 unspecified atom stereocenters. The van der Waals surface area contributed by atoms with Crippen LogP contribution in [0.1, 0.15) is 24.6 Å². The molecule has 2 N–H and O–H groups in total.